The Kier molecular flexibility index (Phi) is 6.25. The number of aryl methyl sites for hydroxylation is 1. The molecule has 1 aliphatic heterocycles. The fourth-order valence-corrected chi connectivity index (χ4v) is 5.10. The van der Waals surface area contributed by atoms with Gasteiger partial charge in [-0.25, -0.2) is 13.2 Å². The first-order valence-electron chi connectivity index (χ1n) is 9.89. The van der Waals surface area contributed by atoms with E-state index in [-0.39, 0.29) is 17.3 Å². The van der Waals surface area contributed by atoms with E-state index in [0.29, 0.717) is 25.9 Å². The molecule has 0 radical (unpaired) electrons. The molecule has 2 amide bonds. The molecule has 1 saturated carbocycles. The number of hydrogen-bond acceptors (Lipinski definition) is 3. The highest BCUT2D eigenvalue weighted by molar-refractivity contribution is 7.91. The highest BCUT2D eigenvalue weighted by Gasteiger charge is 2.29. The van der Waals surface area contributed by atoms with Crippen molar-refractivity contribution in [3.05, 3.63) is 41.5 Å². The lowest BCUT2D eigenvalue weighted by Gasteiger charge is -2.32. The molecule has 27 heavy (non-hydrogen) atoms. The van der Waals surface area contributed by atoms with Crippen molar-refractivity contribution < 1.29 is 13.2 Å². The Balaban J connectivity index is 1.50. The maximum Gasteiger partial charge on any atom is 0.317 e. The molecule has 0 spiro atoms. The van der Waals surface area contributed by atoms with Crippen molar-refractivity contribution in [2.24, 2.45) is 0 Å². The minimum absolute atomic E-state index is 0.0329. The van der Waals surface area contributed by atoms with Crippen LogP contribution >= 0.6 is 0 Å². The van der Waals surface area contributed by atoms with E-state index in [1.165, 1.54) is 23.0 Å². The molecule has 1 heterocycles. The lowest BCUT2D eigenvalue weighted by atomic mass is 9.95. The number of amides is 2. The predicted molar refractivity (Wildman–Crippen MR) is 109 cm³/mol. The summed E-state index contributed by atoms with van der Waals surface area (Å²) in [7, 11) is -2.97. The van der Waals surface area contributed by atoms with Gasteiger partial charge in [0.15, 0.2) is 0 Å². The van der Waals surface area contributed by atoms with E-state index in [1.807, 2.05) is 4.90 Å². The van der Waals surface area contributed by atoms with Crippen molar-refractivity contribution in [1.82, 2.24) is 10.2 Å². The molecule has 0 saturated heterocycles. The Morgan fingerprint density at radius 2 is 1.81 bits per heavy atom. The maximum absolute atomic E-state index is 12.5. The van der Waals surface area contributed by atoms with Crippen molar-refractivity contribution in [3.63, 3.8) is 0 Å². The molecule has 1 aromatic carbocycles. The van der Waals surface area contributed by atoms with Gasteiger partial charge in [0.1, 0.15) is 9.84 Å². The second-order valence-corrected chi connectivity index (χ2v) is 10.1. The summed E-state index contributed by atoms with van der Waals surface area (Å²) in [5.41, 5.74) is 3.88. The van der Waals surface area contributed by atoms with Crippen LogP contribution in [0, 0.1) is 0 Å². The third kappa shape index (κ3) is 5.12. The summed E-state index contributed by atoms with van der Waals surface area (Å²) in [6.07, 6.45) is 8.11. The molecule has 0 bridgehead atoms. The topological polar surface area (TPSA) is 66.5 Å². The Labute approximate surface area is 162 Å². The van der Waals surface area contributed by atoms with Crippen molar-refractivity contribution in [1.29, 1.82) is 0 Å². The number of urea groups is 1. The number of nitrogens with one attached hydrogen (secondary N) is 1. The van der Waals surface area contributed by atoms with Crippen LogP contribution in [0.15, 0.2) is 30.3 Å². The number of carbonyl (C=O) groups excluding carboxylic acids is 1. The van der Waals surface area contributed by atoms with Gasteiger partial charge < -0.3 is 10.2 Å². The van der Waals surface area contributed by atoms with Gasteiger partial charge in [-0.1, -0.05) is 37.3 Å². The summed E-state index contributed by atoms with van der Waals surface area (Å²) < 4.78 is 23.3. The Bertz CT molecular complexity index is 791. The lowest BCUT2D eigenvalue weighted by molar-refractivity contribution is 0.195. The number of rotatable bonds is 4. The quantitative estimate of drug-likeness (QED) is 0.857. The van der Waals surface area contributed by atoms with E-state index in [2.05, 4.69) is 42.6 Å². The van der Waals surface area contributed by atoms with Gasteiger partial charge in [0, 0.05) is 25.4 Å². The number of nitrogens with zero attached hydrogens (tertiary/aromatic N) is 1. The highest BCUT2D eigenvalue weighted by atomic mass is 32.2. The van der Waals surface area contributed by atoms with Crippen LogP contribution in [-0.4, -0.2) is 50.0 Å². The zero-order valence-corrected chi connectivity index (χ0v) is 17.1. The average Bonchev–Trinajstić information content (AvgIpc) is 2.68. The smallest absolute Gasteiger partial charge is 0.317 e. The molecule has 1 N–H and O–H groups in total. The SMILES string of the molecule is CCc1ccc(C2=CCN(C(=O)NC3CCC(S(C)(=O)=O)CC3)CC2)cc1. The fourth-order valence-electron chi connectivity index (χ4n) is 3.97. The van der Waals surface area contributed by atoms with Crippen LogP contribution in [0.4, 0.5) is 4.79 Å². The molecule has 0 unspecified atom stereocenters. The van der Waals surface area contributed by atoms with Crippen molar-refractivity contribution in [2.45, 2.75) is 56.7 Å². The molecule has 148 valence electrons. The van der Waals surface area contributed by atoms with E-state index in [9.17, 15) is 13.2 Å². The van der Waals surface area contributed by atoms with Crippen LogP contribution in [0.2, 0.25) is 0 Å². The van der Waals surface area contributed by atoms with Gasteiger partial charge in [0.2, 0.25) is 0 Å². The first kappa shape index (κ1) is 19.9. The molecular weight excluding hydrogens is 360 g/mol. The number of hydrogen-bond donors (Lipinski definition) is 1. The molecule has 0 aromatic heterocycles. The van der Waals surface area contributed by atoms with Gasteiger partial charge in [-0.05, 0) is 55.2 Å². The van der Waals surface area contributed by atoms with Crippen molar-refractivity contribution >= 4 is 21.4 Å². The first-order chi connectivity index (χ1) is 12.9. The third-order valence-corrected chi connectivity index (χ3v) is 7.52. The molecule has 1 aromatic rings. The zero-order valence-electron chi connectivity index (χ0n) is 16.3. The van der Waals surface area contributed by atoms with E-state index in [0.717, 1.165) is 25.7 Å². The molecule has 1 fully saturated rings. The van der Waals surface area contributed by atoms with Gasteiger partial charge >= 0.3 is 6.03 Å². The lowest BCUT2D eigenvalue weighted by Crippen LogP contribution is -2.48. The number of benzene rings is 1. The molecule has 2 aliphatic rings. The number of carbonyl (C=O) groups is 1. The van der Waals surface area contributed by atoms with Crippen LogP contribution in [0.5, 0.6) is 0 Å². The molecular formula is C21H30N2O3S. The summed E-state index contributed by atoms with van der Waals surface area (Å²) in [4.78, 5) is 14.4. The number of sulfone groups is 1. The maximum atomic E-state index is 12.5. The second-order valence-electron chi connectivity index (χ2n) is 7.73. The van der Waals surface area contributed by atoms with Crippen molar-refractivity contribution in [2.75, 3.05) is 19.3 Å². The van der Waals surface area contributed by atoms with Gasteiger partial charge in [-0.15, -0.1) is 0 Å². The normalized spacial score (nSPS) is 23.6. The zero-order chi connectivity index (χ0) is 19.4. The Morgan fingerprint density at radius 1 is 1.15 bits per heavy atom. The van der Waals surface area contributed by atoms with Gasteiger partial charge in [-0.2, -0.15) is 0 Å². The molecule has 3 rings (SSSR count). The van der Waals surface area contributed by atoms with Crippen molar-refractivity contribution in [3.8, 4) is 0 Å². The van der Waals surface area contributed by atoms with Crippen LogP contribution in [0.1, 0.15) is 50.2 Å². The molecule has 1 aliphatic carbocycles. The van der Waals surface area contributed by atoms with E-state index in [1.54, 1.807) is 0 Å². The largest absolute Gasteiger partial charge is 0.335 e. The minimum Gasteiger partial charge on any atom is -0.335 e. The fraction of sp³-hybridized carbons (Fsp3) is 0.571. The first-order valence-corrected chi connectivity index (χ1v) is 11.8. The van der Waals surface area contributed by atoms with Crippen LogP contribution < -0.4 is 5.32 Å². The second kappa shape index (κ2) is 8.46. The van der Waals surface area contributed by atoms with Crippen LogP contribution in [0.25, 0.3) is 5.57 Å². The summed E-state index contributed by atoms with van der Waals surface area (Å²) in [5, 5.41) is 2.85. The minimum atomic E-state index is -2.97. The van der Waals surface area contributed by atoms with Gasteiger partial charge in [-0.3, -0.25) is 0 Å². The predicted octanol–water partition coefficient (Wildman–Crippen LogP) is 3.40. The highest BCUT2D eigenvalue weighted by Crippen LogP contribution is 2.25. The van der Waals surface area contributed by atoms with Gasteiger partial charge in [0.25, 0.3) is 0 Å². The molecule has 0 atom stereocenters. The summed E-state index contributed by atoms with van der Waals surface area (Å²) in [6.45, 7) is 3.49. The third-order valence-electron chi connectivity index (χ3n) is 5.84. The average molecular weight is 391 g/mol. The summed E-state index contributed by atoms with van der Waals surface area (Å²) >= 11 is 0. The summed E-state index contributed by atoms with van der Waals surface area (Å²) in [5.74, 6) is 0. The molecule has 6 heteroatoms. The van der Waals surface area contributed by atoms with E-state index < -0.39 is 9.84 Å². The molecule has 5 nitrogen and oxygen atoms in total. The van der Waals surface area contributed by atoms with Crippen LogP contribution in [-0.2, 0) is 16.3 Å². The van der Waals surface area contributed by atoms with Gasteiger partial charge in [0.05, 0.1) is 5.25 Å². The van der Waals surface area contributed by atoms with Crippen LogP contribution in [0.3, 0.4) is 0 Å². The summed E-state index contributed by atoms with van der Waals surface area (Å²) in [6, 6.07) is 8.72. The van der Waals surface area contributed by atoms with E-state index >= 15 is 0 Å². The Hall–Kier alpha value is -1.82. The standard InChI is InChI=1S/C21H30N2O3S/c1-3-16-4-6-17(7-5-16)18-12-14-23(15-13-18)21(24)22-19-8-10-20(11-9-19)27(2,25)26/h4-7,12,19-20H,3,8-11,13-15H2,1-2H3,(H,22,24). The van der Waals surface area contributed by atoms with E-state index in [4.69, 9.17) is 0 Å². The Morgan fingerprint density at radius 3 is 2.33 bits per heavy atom. The monoisotopic (exact) mass is 390 g/mol.